The molecule has 28 heavy (non-hydrogen) atoms. The molecular formula is C20H20BrFN4O2. The number of urea groups is 1. The Hall–Kier alpha value is -2.87. The second kappa shape index (κ2) is 8.43. The summed E-state index contributed by atoms with van der Waals surface area (Å²) in [5, 5.41) is 9.85. The van der Waals surface area contributed by atoms with E-state index in [0.29, 0.717) is 17.1 Å². The highest BCUT2D eigenvalue weighted by Gasteiger charge is 2.18. The number of methoxy groups -OCH3 is 1. The Bertz CT molecular complexity index is 986. The number of amides is 2. The standard InChI is InChI=1S/C20H20BrFN4O2/c1-12(2)26-19(17(21)11-23-26)16-10-15(8-9-18(16)28-3)25-20(27)24-14-6-4-13(22)5-7-14/h4-12H,1-3H3,(H2,24,25,27). The molecule has 0 aliphatic carbocycles. The van der Waals surface area contributed by atoms with Crippen molar-refractivity contribution in [3.05, 3.63) is 59.0 Å². The number of ether oxygens (including phenoxy) is 1. The third-order valence-corrected chi connectivity index (χ3v) is 4.63. The Kier molecular flexibility index (Phi) is 5.99. The Morgan fingerprint density at radius 2 is 1.79 bits per heavy atom. The number of hydrogen-bond acceptors (Lipinski definition) is 3. The molecule has 2 N–H and O–H groups in total. The predicted octanol–water partition coefficient (Wildman–Crippen LogP) is 5.69. The van der Waals surface area contributed by atoms with Crippen molar-refractivity contribution in [2.24, 2.45) is 0 Å². The van der Waals surface area contributed by atoms with Crippen molar-refractivity contribution in [2.45, 2.75) is 19.9 Å². The Labute approximate surface area is 170 Å². The van der Waals surface area contributed by atoms with E-state index in [0.717, 1.165) is 15.7 Å². The zero-order chi connectivity index (χ0) is 20.3. The van der Waals surface area contributed by atoms with Gasteiger partial charge in [-0.25, -0.2) is 9.18 Å². The fraction of sp³-hybridized carbons (Fsp3) is 0.200. The smallest absolute Gasteiger partial charge is 0.323 e. The van der Waals surface area contributed by atoms with Gasteiger partial charge in [-0.2, -0.15) is 5.10 Å². The second-order valence-corrected chi connectivity index (χ2v) is 7.23. The lowest BCUT2D eigenvalue weighted by Gasteiger charge is -2.16. The molecule has 1 aromatic heterocycles. The lowest BCUT2D eigenvalue weighted by atomic mass is 10.1. The number of halogens is 2. The van der Waals surface area contributed by atoms with Crippen LogP contribution < -0.4 is 15.4 Å². The van der Waals surface area contributed by atoms with Gasteiger partial charge in [-0.15, -0.1) is 0 Å². The molecule has 8 heteroatoms. The summed E-state index contributed by atoms with van der Waals surface area (Å²) < 4.78 is 21.2. The van der Waals surface area contributed by atoms with Crippen molar-refractivity contribution in [1.29, 1.82) is 0 Å². The van der Waals surface area contributed by atoms with E-state index in [1.165, 1.54) is 24.3 Å². The van der Waals surface area contributed by atoms with Crippen molar-refractivity contribution < 1.29 is 13.9 Å². The summed E-state index contributed by atoms with van der Waals surface area (Å²) in [5.41, 5.74) is 2.72. The molecule has 0 saturated carbocycles. The number of carbonyl (C=O) groups excluding carboxylic acids is 1. The summed E-state index contributed by atoms with van der Waals surface area (Å²) in [6.45, 7) is 4.07. The number of aromatic nitrogens is 2. The Morgan fingerprint density at radius 3 is 2.43 bits per heavy atom. The van der Waals surface area contributed by atoms with Gasteiger partial charge in [0.15, 0.2) is 0 Å². The molecule has 2 aromatic carbocycles. The highest BCUT2D eigenvalue weighted by atomic mass is 79.9. The maximum atomic E-state index is 13.0. The molecule has 6 nitrogen and oxygen atoms in total. The molecule has 1 heterocycles. The van der Waals surface area contributed by atoms with Crippen LogP contribution >= 0.6 is 15.9 Å². The molecule has 2 amide bonds. The summed E-state index contributed by atoms with van der Waals surface area (Å²) in [7, 11) is 1.59. The van der Waals surface area contributed by atoms with Gasteiger partial charge in [0.2, 0.25) is 0 Å². The zero-order valence-electron chi connectivity index (χ0n) is 15.7. The van der Waals surface area contributed by atoms with Crippen LogP contribution in [0.1, 0.15) is 19.9 Å². The average molecular weight is 447 g/mol. The van der Waals surface area contributed by atoms with E-state index < -0.39 is 6.03 Å². The summed E-state index contributed by atoms with van der Waals surface area (Å²) in [6.07, 6.45) is 1.73. The molecule has 0 radical (unpaired) electrons. The first-order valence-corrected chi connectivity index (χ1v) is 9.43. The molecule has 0 bridgehead atoms. The summed E-state index contributed by atoms with van der Waals surface area (Å²) in [6, 6.07) is 10.6. The Balaban J connectivity index is 1.88. The third-order valence-electron chi connectivity index (χ3n) is 4.05. The van der Waals surface area contributed by atoms with Gasteiger partial charge in [0, 0.05) is 23.0 Å². The first kappa shape index (κ1) is 19.9. The van der Waals surface area contributed by atoms with Crippen molar-refractivity contribution in [3.63, 3.8) is 0 Å². The monoisotopic (exact) mass is 446 g/mol. The van der Waals surface area contributed by atoms with Gasteiger partial charge in [-0.1, -0.05) is 0 Å². The van der Waals surface area contributed by atoms with Gasteiger partial charge < -0.3 is 15.4 Å². The molecule has 0 atom stereocenters. The number of nitrogens with zero attached hydrogens (tertiary/aromatic N) is 2. The first-order valence-electron chi connectivity index (χ1n) is 8.64. The molecule has 0 unspecified atom stereocenters. The lowest BCUT2D eigenvalue weighted by molar-refractivity contribution is 0.262. The zero-order valence-corrected chi connectivity index (χ0v) is 17.2. The minimum atomic E-state index is -0.431. The molecule has 3 aromatic rings. The van der Waals surface area contributed by atoms with Crippen molar-refractivity contribution in [2.75, 3.05) is 17.7 Å². The molecule has 0 aliphatic rings. The maximum absolute atomic E-state index is 13.0. The van der Waals surface area contributed by atoms with E-state index in [1.807, 2.05) is 24.6 Å². The molecule has 146 valence electrons. The molecule has 0 saturated heterocycles. The van der Waals surface area contributed by atoms with Crippen LogP contribution in [0.5, 0.6) is 5.75 Å². The van der Waals surface area contributed by atoms with Gasteiger partial charge in [-0.3, -0.25) is 4.68 Å². The average Bonchev–Trinajstić information content (AvgIpc) is 3.05. The van der Waals surface area contributed by atoms with Crippen LogP contribution in [0.3, 0.4) is 0 Å². The van der Waals surface area contributed by atoms with Crippen LogP contribution in [0.25, 0.3) is 11.3 Å². The summed E-state index contributed by atoms with van der Waals surface area (Å²) >= 11 is 3.54. The van der Waals surface area contributed by atoms with Crippen LogP contribution in [-0.2, 0) is 0 Å². The van der Waals surface area contributed by atoms with Gasteiger partial charge in [0.05, 0.1) is 23.5 Å². The van der Waals surface area contributed by atoms with Crippen LogP contribution in [0.4, 0.5) is 20.6 Å². The topological polar surface area (TPSA) is 68.2 Å². The summed E-state index contributed by atoms with van der Waals surface area (Å²) in [5.74, 6) is 0.297. The van der Waals surface area contributed by atoms with E-state index in [-0.39, 0.29) is 11.9 Å². The minimum Gasteiger partial charge on any atom is -0.496 e. The van der Waals surface area contributed by atoms with Gasteiger partial charge in [-0.05, 0) is 72.2 Å². The highest BCUT2D eigenvalue weighted by Crippen LogP contribution is 2.38. The molecule has 0 fully saturated rings. The van der Waals surface area contributed by atoms with Gasteiger partial charge >= 0.3 is 6.03 Å². The van der Waals surface area contributed by atoms with Gasteiger partial charge in [0.25, 0.3) is 0 Å². The summed E-state index contributed by atoms with van der Waals surface area (Å²) in [4.78, 5) is 12.3. The predicted molar refractivity (Wildman–Crippen MR) is 111 cm³/mol. The fourth-order valence-corrected chi connectivity index (χ4v) is 3.27. The fourth-order valence-electron chi connectivity index (χ4n) is 2.78. The largest absolute Gasteiger partial charge is 0.496 e. The SMILES string of the molecule is COc1ccc(NC(=O)Nc2ccc(F)cc2)cc1-c1c(Br)cnn1C(C)C. The number of nitrogens with one attached hydrogen (secondary N) is 2. The minimum absolute atomic E-state index is 0.143. The maximum Gasteiger partial charge on any atom is 0.323 e. The third kappa shape index (κ3) is 4.33. The van der Waals surface area contributed by atoms with Crippen LogP contribution in [0.15, 0.2) is 53.1 Å². The van der Waals surface area contributed by atoms with Gasteiger partial charge in [0.1, 0.15) is 11.6 Å². The quantitative estimate of drug-likeness (QED) is 0.529. The van der Waals surface area contributed by atoms with Crippen molar-refractivity contribution >= 4 is 33.3 Å². The highest BCUT2D eigenvalue weighted by molar-refractivity contribution is 9.10. The van der Waals surface area contributed by atoms with Crippen LogP contribution in [0.2, 0.25) is 0 Å². The number of rotatable bonds is 5. The van der Waals surface area contributed by atoms with Crippen molar-refractivity contribution in [1.82, 2.24) is 9.78 Å². The van der Waals surface area contributed by atoms with E-state index in [4.69, 9.17) is 4.74 Å². The lowest BCUT2D eigenvalue weighted by Crippen LogP contribution is -2.19. The number of hydrogen-bond donors (Lipinski definition) is 2. The van der Waals surface area contributed by atoms with E-state index >= 15 is 0 Å². The number of carbonyl (C=O) groups is 1. The Morgan fingerprint density at radius 1 is 1.14 bits per heavy atom. The molecule has 3 rings (SSSR count). The molecular weight excluding hydrogens is 427 g/mol. The van der Waals surface area contributed by atoms with Crippen LogP contribution in [0, 0.1) is 5.82 Å². The van der Waals surface area contributed by atoms with E-state index in [9.17, 15) is 9.18 Å². The first-order chi connectivity index (χ1) is 13.4. The number of anilines is 2. The van der Waals surface area contributed by atoms with Crippen molar-refractivity contribution in [3.8, 4) is 17.0 Å². The molecule has 0 aliphatic heterocycles. The number of benzene rings is 2. The normalized spacial score (nSPS) is 10.8. The second-order valence-electron chi connectivity index (χ2n) is 6.38. The van der Waals surface area contributed by atoms with Crippen LogP contribution in [-0.4, -0.2) is 22.9 Å². The molecule has 0 spiro atoms. The van der Waals surface area contributed by atoms with E-state index in [1.54, 1.807) is 25.4 Å². The van der Waals surface area contributed by atoms with E-state index in [2.05, 4.69) is 31.7 Å².